The summed E-state index contributed by atoms with van der Waals surface area (Å²) in [5, 5.41) is 39.7. The van der Waals surface area contributed by atoms with Crippen LogP contribution in [0, 0.1) is 81.8 Å². The quantitative estimate of drug-likeness (QED) is 0.116. The second kappa shape index (κ2) is 17.0. The van der Waals surface area contributed by atoms with Crippen molar-refractivity contribution in [2.24, 2.45) is 81.8 Å². The van der Waals surface area contributed by atoms with Gasteiger partial charge in [0.15, 0.2) is 0 Å². The molecule has 0 spiro atoms. The van der Waals surface area contributed by atoms with E-state index in [-0.39, 0.29) is 24.7 Å². The molecule has 6 aliphatic carbocycles. The Bertz CT molecular complexity index is 1280. The Morgan fingerprint density at radius 2 is 1.32 bits per heavy atom. The molecule has 0 bridgehead atoms. The van der Waals surface area contributed by atoms with Gasteiger partial charge in [0.25, 0.3) is 0 Å². The summed E-state index contributed by atoms with van der Waals surface area (Å²) in [6.07, 6.45) is 20.0. The first-order valence-electron chi connectivity index (χ1n) is 21.8. The van der Waals surface area contributed by atoms with Crippen molar-refractivity contribution >= 4 is 35.1 Å². The van der Waals surface area contributed by atoms with Crippen LogP contribution in [0.15, 0.2) is 11.6 Å². The fourth-order valence-electron chi connectivity index (χ4n) is 14.2. The lowest BCUT2D eigenvalue weighted by Crippen LogP contribution is -2.53. The van der Waals surface area contributed by atoms with Gasteiger partial charge >= 0.3 is 11.9 Å². The van der Waals surface area contributed by atoms with Crippen molar-refractivity contribution in [3.8, 4) is 0 Å². The highest BCUT2D eigenvalue weighted by atomic mass is 35.5. The maximum absolute atomic E-state index is 12.1. The Balaban J connectivity index is 1.11. The highest BCUT2D eigenvalue weighted by molar-refractivity contribution is 6.21. The summed E-state index contributed by atoms with van der Waals surface area (Å²) in [6, 6.07) is 0. The van der Waals surface area contributed by atoms with Crippen LogP contribution in [0.25, 0.3) is 0 Å². The Hall–Kier alpha value is -0.820. The molecule has 8 heteroatoms. The molecule has 6 fully saturated rings. The molecule has 53 heavy (non-hydrogen) atoms. The number of fused-ring (bicyclic) bond motifs is 5. The Kier molecular flexibility index (Phi) is 13.4. The number of carboxylic acids is 2. The molecule has 0 saturated heterocycles. The fraction of sp³-hybridized carbons (Fsp3) is 0.911. The minimum Gasteiger partial charge on any atom is -0.481 e. The molecule has 0 aromatic carbocycles. The first-order chi connectivity index (χ1) is 25.0. The van der Waals surface area contributed by atoms with Crippen molar-refractivity contribution in [2.45, 2.75) is 173 Å². The van der Waals surface area contributed by atoms with Gasteiger partial charge in [-0.1, -0.05) is 65.5 Å². The number of carboxylic acid groups (broad SMARTS) is 2. The second-order valence-electron chi connectivity index (χ2n) is 20.3. The highest BCUT2D eigenvalue weighted by Crippen LogP contribution is 2.69. The third-order valence-corrected chi connectivity index (χ3v) is 18.0. The maximum atomic E-state index is 12.1. The van der Waals surface area contributed by atoms with E-state index in [4.69, 9.17) is 23.2 Å². The molecule has 0 heterocycles. The summed E-state index contributed by atoms with van der Waals surface area (Å²) in [7, 11) is 0. The average molecular weight is 780 g/mol. The first-order valence-corrected chi connectivity index (χ1v) is 22.7. The minimum absolute atomic E-state index is 0.166. The molecule has 11 unspecified atom stereocenters. The smallest absolute Gasteiger partial charge is 0.309 e. The van der Waals surface area contributed by atoms with Crippen molar-refractivity contribution in [3.63, 3.8) is 0 Å². The number of rotatable bonds is 12. The van der Waals surface area contributed by atoms with Gasteiger partial charge in [0.05, 0.1) is 34.8 Å². The van der Waals surface area contributed by atoms with Gasteiger partial charge in [-0.15, -0.1) is 23.2 Å². The van der Waals surface area contributed by atoms with Crippen molar-refractivity contribution in [2.75, 3.05) is 0 Å². The molecule has 6 aliphatic rings. The van der Waals surface area contributed by atoms with Crippen molar-refractivity contribution in [1.82, 2.24) is 0 Å². The second-order valence-corrected chi connectivity index (χ2v) is 21.5. The van der Waals surface area contributed by atoms with Gasteiger partial charge in [0.2, 0.25) is 0 Å². The van der Waals surface area contributed by atoms with Crippen molar-refractivity contribution < 1.29 is 30.0 Å². The monoisotopic (exact) mass is 778 g/mol. The lowest BCUT2D eigenvalue weighted by molar-refractivity contribution is -0.148. The van der Waals surface area contributed by atoms with Gasteiger partial charge < -0.3 is 20.4 Å². The topological polar surface area (TPSA) is 115 Å². The lowest BCUT2D eigenvalue weighted by Gasteiger charge is -2.61. The SMILES string of the molecule is CC(C)CCCC(C)C1CC[C@@H]2[C@@H]3CC[C@@H]4CC(CCC=C(C5CC(Cl)C(O)C(C(=O)O)C5)C5CC(Cl)C(O)C(C(=O)O)C5)CC[C@]4(C)[C@@H]3CC[C@]12C. The number of alkyl halides is 2. The molecule has 0 aliphatic heterocycles. The number of hydrogen-bond donors (Lipinski definition) is 4. The summed E-state index contributed by atoms with van der Waals surface area (Å²) in [6.45, 7) is 12.7. The van der Waals surface area contributed by atoms with E-state index in [2.05, 4.69) is 40.7 Å². The van der Waals surface area contributed by atoms with Gasteiger partial charge in [-0.25, -0.2) is 0 Å². The molecule has 6 saturated carbocycles. The molecule has 0 radical (unpaired) electrons. The standard InChI is InChI=1S/C45H72Cl2O6/c1-25(2)8-6-9-26(3)35-14-15-36-32-13-12-30-20-27(16-18-44(30,4)37(32)17-19-45(35,36)5)10-7-11-31(28-21-33(42(50)51)40(48)38(46)23-28)29-22-34(43(52)53)41(49)39(47)24-29/h11,25-30,32-41,48-49H,6-10,12-24H2,1-5H3,(H,50,51)(H,52,53)/t26?,27?,28?,29?,30-,32+,33?,34?,35?,36-,37-,38?,39?,40?,41?,44+,45-/m1/s1. The van der Waals surface area contributed by atoms with Gasteiger partial charge in [0, 0.05) is 0 Å². The Morgan fingerprint density at radius 1 is 0.736 bits per heavy atom. The molecule has 0 aromatic heterocycles. The summed E-state index contributed by atoms with van der Waals surface area (Å²) in [4.78, 5) is 24.3. The summed E-state index contributed by atoms with van der Waals surface area (Å²) < 4.78 is 0. The number of halogens is 2. The van der Waals surface area contributed by atoms with Crippen LogP contribution in [0.5, 0.6) is 0 Å². The van der Waals surface area contributed by atoms with Crippen molar-refractivity contribution in [1.29, 1.82) is 0 Å². The maximum Gasteiger partial charge on any atom is 0.309 e. The largest absolute Gasteiger partial charge is 0.481 e. The predicted molar refractivity (Wildman–Crippen MR) is 213 cm³/mol. The molecule has 6 nitrogen and oxygen atoms in total. The third kappa shape index (κ3) is 8.43. The zero-order valence-electron chi connectivity index (χ0n) is 33.4. The third-order valence-electron chi connectivity index (χ3n) is 17.2. The van der Waals surface area contributed by atoms with Crippen molar-refractivity contribution in [3.05, 3.63) is 11.6 Å². The zero-order chi connectivity index (χ0) is 38.4. The molecule has 0 aromatic rings. The molecule has 0 amide bonds. The van der Waals surface area contributed by atoms with Crippen LogP contribution < -0.4 is 0 Å². The van der Waals surface area contributed by atoms with E-state index < -0.39 is 46.7 Å². The van der Waals surface area contributed by atoms with Crippen LogP contribution in [0.3, 0.4) is 0 Å². The number of hydrogen-bond acceptors (Lipinski definition) is 4. The molecular formula is C45H72Cl2O6. The van der Waals surface area contributed by atoms with Crippen LogP contribution in [0.4, 0.5) is 0 Å². The van der Waals surface area contributed by atoms with Crippen LogP contribution in [-0.2, 0) is 9.59 Å². The summed E-state index contributed by atoms with van der Waals surface area (Å²) >= 11 is 13.2. The molecular weight excluding hydrogens is 707 g/mol. The van der Waals surface area contributed by atoms with Crippen LogP contribution in [0.2, 0.25) is 0 Å². The van der Waals surface area contributed by atoms with Gasteiger partial charge in [0.1, 0.15) is 0 Å². The number of aliphatic hydroxyl groups excluding tert-OH is 2. The van der Waals surface area contributed by atoms with E-state index in [1.54, 1.807) is 0 Å². The number of allylic oxidation sites excluding steroid dienone is 2. The van der Waals surface area contributed by atoms with E-state index in [1.807, 2.05) is 0 Å². The van der Waals surface area contributed by atoms with E-state index in [0.717, 1.165) is 59.8 Å². The van der Waals surface area contributed by atoms with Gasteiger partial charge in [-0.3, -0.25) is 9.59 Å². The Morgan fingerprint density at radius 3 is 1.91 bits per heavy atom. The zero-order valence-corrected chi connectivity index (χ0v) is 34.9. The van der Waals surface area contributed by atoms with Crippen LogP contribution in [-0.4, -0.2) is 55.3 Å². The van der Waals surface area contributed by atoms with Gasteiger partial charge in [-0.05, 0) is 166 Å². The fourth-order valence-corrected chi connectivity index (χ4v) is 15.0. The Labute approximate surface area is 330 Å². The normalized spacial score (nSPS) is 46.2. The molecule has 302 valence electrons. The lowest BCUT2D eigenvalue weighted by atomic mass is 9.44. The van der Waals surface area contributed by atoms with Crippen LogP contribution >= 0.6 is 23.2 Å². The number of aliphatic hydroxyl groups is 2. The number of carbonyl (C=O) groups is 2. The molecule has 6 rings (SSSR count). The number of aliphatic carboxylic acids is 2. The van der Waals surface area contributed by atoms with E-state index >= 15 is 0 Å². The van der Waals surface area contributed by atoms with E-state index in [1.165, 1.54) is 77.0 Å². The van der Waals surface area contributed by atoms with Gasteiger partial charge in [-0.2, -0.15) is 0 Å². The molecule has 4 N–H and O–H groups in total. The molecule has 17 atom stereocenters. The first kappa shape index (κ1) is 41.8. The van der Waals surface area contributed by atoms with Crippen LogP contribution in [0.1, 0.15) is 150 Å². The van der Waals surface area contributed by atoms with E-state index in [9.17, 15) is 30.0 Å². The van der Waals surface area contributed by atoms with E-state index in [0.29, 0.717) is 29.6 Å². The average Bonchev–Trinajstić information content (AvgIpc) is 3.46. The minimum atomic E-state index is -1.12. The predicted octanol–water partition coefficient (Wildman–Crippen LogP) is 10.6. The summed E-state index contributed by atoms with van der Waals surface area (Å²) in [5.74, 6) is 2.28. The highest BCUT2D eigenvalue weighted by Gasteiger charge is 2.60. The summed E-state index contributed by atoms with van der Waals surface area (Å²) in [5.41, 5.74) is 2.02.